The molecular formula is C16H16ClN3OS. The first-order valence-electron chi connectivity index (χ1n) is 7.01. The van der Waals surface area contributed by atoms with Gasteiger partial charge in [-0.2, -0.15) is 0 Å². The van der Waals surface area contributed by atoms with E-state index in [0.717, 1.165) is 21.6 Å². The molecule has 0 aliphatic carbocycles. The van der Waals surface area contributed by atoms with E-state index in [1.165, 1.54) is 5.56 Å². The number of fused-ring (bicyclic) bond motifs is 1. The van der Waals surface area contributed by atoms with Crippen molar-refractivity contribution in [3.05, 3.63) is 46.1 Å². The van der Waals surface area contributed by atoms with Crippen LogP contribution in [0.4, 0.5) is 5.82 Å². The minimum absolute atomic E-state index is 0.248. The topological polar surface area (TPSA) is 58.0 Å². The van der Waals surface area contributed by atoms with Gasteiger partial charge in [0.25, 0.3) is 0 Å². The fraction of sp³-hybridized carbons (Fsp3) is 0.250. The minimum Gasteiger partial charge on any atom is -0.508 e. The Bertz CT molecular complexity index is 799. The predicted octanol–water partition coefficient (Wildman–Crippen LogP) is 4.79. The molecule has 0 spiro atoms. The second-order valence-electron chi connectivity index (χ2n) is 5.39. The Kier molecular flexibility index (Phi) is 4.18. The molecule has 3 rings (SSSR count). The number of rotatable bonds is 4. The second kappa shape index (κ2) is 6.10. The SMILES string of the molecule is CC(C)c1csc2nc(Cl)nc(NCc3ccc(O)cc3)c12. The average molecular weight is 334 g/mol. The van der Waals surface area contributed by atoms with Gasteiger partial charge < -0.3 is 10.4 Å². The summed E-state index contributed by atoms with van der Waals surface area (Å²) in [5, 5.41) is 16.1. The fourth-order valence-corrected chi connectivity index (χ4v) is 3.61. The van der Waals surface area contributed by atoms with Crippen molar-refractivity contribution in [3.8, 4) is 5.75 Å². The van der Waals surface area contributed by atoms with Crippen LogP contribution in [-0.4, -0.2) is 15.1 Å². The lowest BCUT2D eigenvalue weighted by Crippen LogP contribution is -2.03. The molecule has 2 heterocycles. The van der Waals surface area contributed by atoms with Gasteiger partial charge in [-0.15, -0.1) is 11.3 Å². The normalized spacial score (nSPS) is 11.3. The van der Waals surface area contributed by atoms with Crippen LogP contribution in [0, 0.1) is 0 Å². The van der Waals surface area contributed by atoms with Crippen LogP contribution in [0.15, 0.2) is 29.6 Å². The van der Waals surface area contributed by atoms with Crippen LogP contribution in [-0.2, 0) is 6.54 Å². The van der Waals surface area contributed by atoms with E-state index in [1.807, 2.05) is 12.1 Å². The maximum Gasteiger partial charge on any atom is 0.225 e. The third-order valence-corrected chi connectivity index (χ3v) is 4.51. The van der Waals surface area contributed by atoms with E-state index in [-0.39, 0.29) is 11.0 Å². The number of benzene rings is 1. The van der Waals surface area contributed by atoms with E-state index in [0.29, 0.717) is 12.5 Å². The summed E-state index contributed by atoms with van der Waals surface area (Å²) in [6.45, 7) is 4.91. The van der Waals surface area contributed by atoms with Crippen molar-refractivity contribution in [3.63, 3.8) is 0 Å². The Morgan fingerprint density at radius 1 is 1.23 bits per heavy atom. The van der Waals surface area contributed by atoms with Crippen molar-refractivity contribution < 1.29 is 5.11 Å². The van der Waals surface area contributed by atoms with E-state index in [2.05, 4.69) is 34.5 Å². The molecule has 0 saturated carbocycles. The third kappa shape index (κ3) is 3.00. The smallest absolute Gasteiger partial charge is 0.225 e. The lowest BCUT2D eigenvalue weighted by Gasteiger charge is -2.10. The summed E-state index contributed by atoms with van der Waals surface area (Å²) in [6.07, 6.45) is 0. The van der Waals surface area contributed by atoms with Gasteiger partial charge in [-0.05, 0) is 46.2 Å². The Morgan fingerprint density at radius 3 is 2.64 bits per heavy atom. The number of hydrogen-bond acceptors (Lipinski definition) is 5. The van der Waals surface area contributed by atoms with Crippen LogP contribution in [0.2, 0.25) is 5.28 Å². The van der Waals surface area contributed by atoms with Crippen molar-refractivity contribution >= 4 is 39.0 Å². The molecule has 1 aromatic carbocycles. The molecule has 6 heteroatoms. The number of halogens is 1. The number of nitrogens with one attached hydrogen (secondary N) is 1. The van der Waals surface area contributed by atoms with Gasteiger partial charge in [-0.3, -0.25) is 0 Å². The molecule has 0 fully saturated rings. The van der Waals surface area contributed by atoms with Gasteiger partial charge in [0.05, 0.1) is 5.39 Å². The standard InChI is InChI=1S/C16H16ClN3OS/c1-9(2)12-8-22-15-13(12)14(19-16(17)20-15)18-7-10-3-5-11(21)6-4-10/h3-6,8-9,21H,7H2,1-2H3,(H,18,19,20). The summed E-state index contributed by atoms with van der Waals surface area (Å²) in [5.74, 6) is 1.41. The molecule has 2 aromatic heterocycles. The van der Waals surface area contributed by atoms with E-state index < -0.39 is 0 Å². The number of thiophene rings is 1. The van der Waals surface area contributed by atoms with E-state index in [1.54, 1.807) is 23.5 Å². The number of aromatic nitrogens is 2. The zero-order chi connectivity index (χ0) is 15.7. The second-order valence-corrected chi connectivity index (χ2v) is 6.58. The summed E-state index contributed by atoms with van der Waals surface area (Å²) in [4.78, 5) is 9.56. The number of phenolic OH excluding ortho intramolecular Hbond substituents is 1. The van der Waals surface area contributed by atoms with Gasteiger partial charge in [0.2, 0.25) is 5.28 Å². The zero-order valence-electron chi connectivity index (χ0n) is 12.3. The van der Waals surface area contributed by atoms with Crippen molar-refractivity contribution in [2.75, 3.05) is 5.32 Å². The van der Waals surface area contributed by atoms with E-state index in [9.17, 15) is 5.11 Å². The highest BCUT2D eigenvalue weighted by Crippen LogP contribution is 2.35. The maximum absolute atomic E-state index is 9.33. The maximum atomic E-state index is 9.33. The quantitative estimate of drug-likeness (QED) is 0.674. The molecule has 0 radical (unpaired) electrons. The monoisotopic (exact) mass is 333 g/mol. The molecular weight excluding hydrogens is 318 g/mol. The first kappa shape index (κ1) is 15.1. The number of nitrogens with zero attached hydrogens (tertiary/aromatic N) is 2. The van der Waals surface area contributed by atoms with Crippen LogP contribution >= 0.6 is 22.9 Å². The first-order valence-corrected chi connectivity index (χ1v) is 8.26. The van der Waals surface area contributed by atoms with Crippen molar-refractivity contribution in [2.24, 2.45) is 0 Å². The minimum atomic E-state index is 0.248. The predicted molar refractivity (Wildman–Crippen MR) is 91.9 cm³/mol. The van der Waals surface area contributed by atoms with Crippen molar-refractivity contribution in [1.82, 2.24) is 9.97 Å². The first-order chi connectivity index (χ1) is 10.5. The van der Waals surface area contributed by atoms with Gasteiger partial charge >= 0.3 is 0 Å². The molecule has 0 saturated heterocycles. The van der Waals surface area contributed by atoms with E-state index >= 15 is 0 Å². The molecule has 0 atom stereocenters. The molecule has 4 nitrogen and oxygen atoms in total. The number of aromatic hydroxyl groups is 1. The van der Waals surface area contributed by atoms with Gasteiger partial charge in [0.1, 0.15) is 16.4 Å². The van der Waals surface area contributed by atoms with E-state index in [4.69, 9.17) is 11.6 Å². The highest BCUT2D eigenvalue weighted by atomic mass is 35.5. The highest BCUT2D eigenvalue weighted by molar-refractivity contribution is 7.17. The summed E-state index contributed by atoms with van der Waals surface area (Å²) < 4.78 is 0. The van der Waals surface area contributed by atoms with Gasteiger partial charge in [0, 0.05) is 6.54 Å². The van der Waals surface area contributed by atoms with Gasteiger partial charge in [-0.1, -0.05) is 26.0 Å². The van der Waals surface area contributed by atoms with Gasteiger partial charge in [0.15, 0.2) is 0 Å². The summed E-state index contributed by atoms with van der Waals surface area (Å²) in [5.41, 5.74) is 2.28. The molecule has 0 aliphatic rings. The zero-order valence-corrected chi connectivity index (χ0v) is 13.9. The summed E-state index contributed by atoms with van der Waals surface area (Å²) in [6, 6.07) is 7.09. The fourth-order valence-electron chi connectivity index (χ4n) is 2.29. The number of hydrogen-bond donors (Lipinski definition) is 2. The Hall–Kier alpha value is -1.85. The molecule has 0 aliphatic heterocycles. The molecule has 0 amide bonds. The van der Waals surface area contributed by atoms with Crippen LogP contribution in [0.25, 0.3) is 10.2 Å². The summed E-state index contributed by atoms with van der Waals surface area (Å²) >= 11 is 7.61. The molecule has 2 N–H and O–H groups in total. The molecule has 114 valence electrons. The molecule has 0 bridgehead atoms. The van der Waals surface area contributed by atoms with Crippen molar-refractivity contribution in [2.45, 2.75) is 26.3 Å². The lowest BCUT2D eigenvalue weighted by atomic mass is 10.0. The number of anilines is 1. The van der Waals surface area contributed by atoms with Crippen molar-refractivity contribution in [1.29, 1.82) is 0 Å². The third-order valence-electron chi connectivity index (χ3n) is 3.45. The number of phenols is 1. The Morgan fingerprint density at radius 2 is 1.95 bits per heavy atom. The van der Waals surface area contributed by atoms with Gasteiger partial charge in [-0.25, -0.2) is 9.97 Å². The highest BCUT2D eigenvalue weighted by Gasteiger charge is 2.15. The Labute approximate surface area is 137 Å². The van der Waals surface area contributed by atoms with Crippen LogP contribution in [0.3, 0.4) is 0 Å². The largest absolute Gasteiger partial charge is 0.508 e. The Balaban J connectivity index is 1.95. The van der Waals surface area contributed by atoms with Crippen LogP contribution < -0.4 is 5.32 Å². The van der Waals surface area contributed by atoms with Crippen LogP contribution in [0.5, 0.6) is 5.75 Å². The summed E-state index contributed by atoms with van der Waals surface area (Å²) in [7, 11) is 0. The lowest BCUT2D eigenvalue weighted by molar-refractivity contribution is 0.475. The average Bonchev–Trinajstić information content (AvgIpc) is 2.90. The molecule has 0 unspecified atom stereocenters. The van der Waals surface area contributed by atoms with Crippen LogP contribution in [0.1, 0.15) is 30.9 Å². The molecule has 22 heavy (non-hydrogen) atoms. The molecule has 3 aromatic rings.